The molecule has 4 nitrogen and oxygen atoms in total. The summed E-state index contributed by atoms with van der Waals surface area (Å²) in [5.74, 6) is -0.739. The summed E-state index contributed by atoms with van der Waals surface area (Å²) in [7, 11) is 0. The molecule has 0 atom stereocenters. The molecule has 3 rings (SSSR count). The van der Waals surface area contributed by atoms with Gasteiger partial charge in [-0.25, -0.2) is 4.79 Å². The average molecular weight is 333 g/mol. The summed E-state index contributed by atoms with van der Waals surface area (Å²) in [6.45, 7) is 2.11. The number of likely N-dealkylation sites (N-methyl/N-ethyl adjacent to an activating group) is 1. The number of hydrogen-bond acceptors (Lipinski definition) is 3. The molecule has 0 fully saturated rings. The highest BCUT2D eigenvalue weighted by Gasteiger charge is 2.17. The quantitative estimate of drug-likeness (QED) is 0.662. The van der Waals surface area contributed by atoms with Gasteiger partial charge in [0.05, 0.1) is 5.56 Å². The summed E-state index contributed by atoms with van der Waals surface area (Å²) in [6.07, 6.45) is 0. The number of benzene rings is 3. The summed E-state index contributed by atoms with van der Waals surface area (Å²) in [5, 5.41) is 1.78. The van der Waals surface area contributed by atoms with Crippen LogP contribution in [-0.4, -0.2) is 25.0 Å². The Balaban J connectivity index is 1.72. The number of fused-ring (bicyclic) bond motifs is 1. The Kier molecular flexibility index (Phi) is 5.09. The molecule has 3 aromatic carbocycles. The van der Waals surface area contributed by atoms with Crippen molar-refractivity contribution < 1.29 is 14.3 Å². The molecular formula is C21H19NO3. The van der Waals surface area contributed by atoms with Gasteiger partial charge in [0.15, 0.2) is 6.61 Å². The minimum absolute atomic E-state index is 0.248. The summed E-state index contributed by atoms with van der Waals surface area (Å²) < 4.78 is 5.27. The Morgan fingerprint density at radius 1 is 0.880 bits per heavy atom. The fourth-order valence-electron chi connectivity index (χ4n) is 2.80. The van der Waals surface area contributed by atoms with Crippen LogP contribution in [0, 0.1) is 0 Å². The predicted molar refractivity (Wildman–Crippen MR) is 98.7 cm³/mol. The second-order valence-corrected chi connectivity index (χ2v) is 5.58. The van der Waals surface area contributed by atoms with Crippen molar-refractivity contribution in [3.8, 4) is 0 Å². The van der Waals surface area contributed by atoms with E-state index in [0.717, 1.165) is 16.5 Å². The first-order chi connectivity index (χ1) is 12.2. The molecule has 1 amide bonds. The largest absolute Gasteiger partial charge is 0.452 e. The van der Waals surface area contributed by atoms with E-state index in [0.29, 0.717) is 12.1 Å². The average Bonchev–Trinajstić information content (AvgIpc) is 2.67. The lowest BCUT2D eigenvalue weighted by atomic mass is 10.1. The third-order valence-electron chi connectivity index (χ3n) is 4.02. The van der Waals surface area contributed by atoms with Gasteiger partial charge < -0.3 is 9.64 Å². The van der Waals surface area contributed by atoms with Crippen LogP contribution in [0.3, 0.4) is 0 Å². The van der Waals surface area contributed by atoms with Crippen LogP contribution in [0.1, 0.15) is 17.3 Å². The van der Waals surface area contributed by atoms with Crippen LogP contribution in [0.5, 0.6) is 0 Å². The monoisotopic (exact) mass is 333 g/mol. The smallest absolute Gasteiger partial charge is 0.339 e. The molecule has 0 bridgehead atoms. The van der Waals surface area contributed by atoms with E-state index in [1.165, 1.54) is 0 Å². The molecular weight excluding hydrogens is 314 g/mol. The van der Waals surface area contributed by atoms with Crippen LogP contribution in [0.2, 0.25) is 0 Å². The van der Waals surface area contributed by atoms with Crippen molar-refractivity contribution in [2.24, 2.45) is 0 Å². The maximum atomic E-state index is 12.4. The van der Waals surface area contributed by atoms with Gasteiger partial charge in [-0.05, 0) is 35.9 Å². The molecule has 25 heavy (non-hydrogen) atoms. The molecule has 0 aliphatic heterocycles. The van der Waals surface area contributed by atoms with Gasteiger partial charge in [0.2, 0.25) is 0 Å². The Labute approximate surface area is 146 Å². The summed E-state index contributed by atoms with van der Waals surface area (Å²) in [4.78, 5) is 26.4. The molecule has 0 radical (unpaired) electrons. The molecule has 0 spiro atoms. The first kappa shape index (κ1) is 16.7. The van der Waals surface area contributed by atoms with E-state index in [1.54, 1.807) is 11.0 Å². The number of anilines is 1. The third-order valence-corrected chi connectivity index (χ3v) is 4.02. The van der Waals surface area contributed by atoms with E-state index in [-0.39, 0.29) is 12.5 Å². The highest BCUT2D eigenvalue weighted by Crippen LogP contribution is 2.19. The minimum atomic E-state index is -0.491. The van der Waals surface area contributed by atoms with Crippen molar-refractivity contribution >= 4 is 28.3 Å². The normalized spacial score (nSPS) is 10.4. The first-order valence-corrected chi connectivity index (χ1v) is 8.21. The maximum absolute atomic E-state index is 12.4. The van der Waals surface area contributed by atoms with Crippen LogP contribution in [0.25, 0.3) is 10.8 Å². The van der Waals surface area contributed by atoms with Crippen LogP contribution < -0.4 is 4.90 Å². The fourth-order valence-corrected chi connectivity index (χ4v) is 2.80. The van der Waals surface area contributed by atoms with E-state index in [1.807, 2.05) is 73.7 Å². The van der Waals surface area contributed by atoms with E-state index in [2.05, 4.69) is 0 Å². The molecule has 0 aromatic heterocycles. The first-order valence-electron chi connectivity index (χ1n) is 8.21. The van der Waals surface area contributed by atoms with Gasteiger partial charge in [0, 0.05) is 12.2 Å². The van der Waals surface area contributed by atoms with Crippen molar-refractivity contribution in [1.29, 1.82) is 0 Å². The highest BCUT2D eigenvalue weighted by molar-refractivity contribution is 6.05. The van der Waals surface area contributed by atoms with Gasteiger partial charge in [-0.3, -0.25) is 4.79 Å². The second-order valence-electron chi connectivity index (χ2n) is 5.58. The Morgan fingerprint density at radius 3 is 2.32 bits per heavy atom. The van der Waals surface area contributed by atoms with Gasteiger partial charge in [-0.15, -0.1) is 0 Å². The van der Waals surface area contributed by atoms with Gasteiger partial charge in [0.1, 0.15) is 0 Å². The molecule has 4 heteroatoms. The molecule has 126 valence electrons. The predicted octanol–water partition coefficient (Wildman–Crippen LogP) is 4.05. The van der Waals surface area contributed by atoms with Crippen LogP contribution in [0.4, 0.5) is 5.69 Å². The van der Waals surface area contributed by atoms with Gasteiger partial charge in [-0.1, -0.05) is 54.6 Å². The Bertz CT molecular complexity index is 885. The van der Waals surface area contributed by atoms with Crippen LogP contribution in [0.15, 0.2) is 72.8 Å². The number of hydrogen-bond donors (Lipinski definition) is 0. The lowest BCUT2D eigenvalue weighted by Gasteiger charge is -2.20. The van der Waals surface area contributed by atoms with E-state index < -0.39 is 5.97 Å². The summed E-state index contributed by atoms with van der Waals surface area (Å²) >= 11 is 0. The lowest BCUT2D eigenvalue weighted by molar-refractivity contribution is -0.121. The number of esters is 1. The van der Waals surface area contributed by atoms with Crippen molar-refractivity contribution in [3.63, 3.8) is 0 Å². The SMILES string of the molecule is CCN(C(=O)COC(=O)c1cccc2ccccc12)c1ccccc1. The zero-order chi connectivity index (χ0) is 17.6. The molecule has 0 heterocycles. The van der Waals surface area contributed by atoms with Crippen LogP contribution in [-0.2, 0) is 9.53 Å². The maximum Gasteiger partial charge on any atom is 0.339 e. The molecule has 0 aliphatic rings. The second kappa shape index (κ2) is 7.62. The molecule has 0 saturated heterocycles. The van der Waals surface area contributed by atoms with Crippen LogP contribution >= 0.6 is 0 Å². The zero-order valence-corrected chi connectivity index (χ0v) is 14.0. The van der Waals surface area contributed by atoms with Crippen molar-refractivity contribution in [3.05, 3.63) is 78.4 Å². The fraction of sp³-hybridized carbons (Fsp3) is 0.143. The van der Waals surface area contributed by atoms with Gasteiger partial charge >= 0.3 is 5.97 Å². The number of nitrogens with zero attached hydrogens (tertiary/aromatic N) is 1. The number of ether oxygens (including phenoxy) is 1. The Morgan fingerprint density at radius 2 is 1.56 bits per heavy atom. The number of para-hydroxylation sites is 1. The standard InChI is InChI=1S/C21H19NO3/c1-2-22(17-11-4-3-5-12-17)20(23)15-25-21(24)19-14-8-10-16-9-6-7-13-18(16)19/h3-14H,2,15H2,1H3. The van der Waals surface area contributed by atoms with Crippen molar-refractivity contribution in [2.45, 2.75) is 6.92 Å². The molecule has 0 unspecified atom stereocenters. The minimum Gasteiger partial charge on any atom is -0.452 e. The number of amides is 1. The summed E-state index contributed by atoms with van der Waals surface area (Å²) in [5.41, 5.74) is 1.25. The Hall–Kier alpha value is -3.14. The van der Waals surface area contributed by atoms with Gasteiger partial charge in [-0.2, -0.15) is 0 Å². The van der Waals surface area contributed by atoms with E-state index >= 15 is 0 Å². The topological polar surface area (TPSA) is 46.6 Å². The van der Waals surface area contributed by atoms with E-state index in [4.69, 9.17) is 4.74 Å². The number of rotatable bonds is 5. The van der Waals surface area contributed by atoms with Crippen molar-refractivity contribution in [1.82, 2.24) is 0 Å². The number of carbonyl (C=O) groups is 2. The molecule has 3 aromatic rings. The lowest BCUT2D eigenvalue weighted by Crippen LogP contribution is -2.34. The molecule has 0 aliphatic carbocycles. The summed E-state index contributed by atoms with van der Waals surface area (Å²) in [6, 6.07) is 22.4. The van der Waals surface area contributed by atoms with Gasteiger partial charge in [0.25, 0.3) is 5.91 Å². The molecule has 0 N–H and O–H groups in total. The van der Waals surface area contributed by atoms with Crippen molar-refractivity contribution in [2.75, 3.05) is 18.1 Å². The highest BCUT2D eigenvalue weighted by atomic mass is 16.5. The number of carbonyl (C=O) groups excluding carboxylic acids is 2. The molecule has 0 saturated carbocycles. The third kappa shape index (κ3) is 3.69. The van der Waals surface area contributed by atoms with E-state index in [9.17, 15) is 9.59 Å². The zero-order valence-electron chi connectivity index (χ0n) is 14.0.